The highest BCUT2D eigenvalue weighted by atomic mass is 32.1. The highest BCUT2D eigenvalue weighted by Crippen LogP contribution is 2.31. The first kappa shape index (κ1) is 17.7. The monoisotopic (exact) mass is 370 g/mol. The van der Waals surface area contributed by atoms with Crippen molar-refractivity contribution in [3.05, 3.63) is 54.4 Å². The van der Waals surface area contributed by atoms with Crippen LogP contribution in [0, 0.1) is 0 Å². The number of nitrogens with one attached hydrogen (secondary N) is 2. The first-order valence-corrected chi connectivity index (χ1v) is 8.25. The van der Waals surface area contributed by atoms with E-state index in [-0.39, 0.29) is 0 Å². The molecule has 0 bridgehead atoms. The summed E-state index contributed by atoms with van der Waals surface area (Å²) in [6.45, 7) is 0.310. The van der Waals surface area contributed by atoms with Crippen molar-refractivity contribution < 1.29 is 14.0 Å². The van der Waals surface area contributed by atoms with E-state index in [4.69, 9.17) is 26.2 Å². The maximum atomic E-state index is 5.37. The molecule has 26 heavy (non-hydrogen) atoms. The van der Waals surface area contributed by atoms with Crippen LogP contribution in [0.15, 0.2) is 53.1 Å². The second-order valence-electron chi connectivity index (χ2n) is 5.25. The van der Waals surface area contributed by atoms with Gasteiger partial charge < -0.3 is 24.6 Å². The maximum Gasteiger partial charge on any atom is 0.246 e. The van der Waals surface area contributed by atoms with Gasteiger partial charge in [-0.15, -0.1) is 0 Å². The van der Waals surface area contributed by atoms with Crippen molar-refractivity contribution in [3.8, 4) is 22.9 Å². The zero-order valence-corrected chi connectivity index (χ0v) is 15.2. The lowest BCUT2D eigenvalue weighted by molar-refractivity contribution is 0.375. The van der Waals surface area contributed by atoms with Gasteiger partial charge in [-0.2, -0.15) is 4.98 Å². The number of ether oxygens (including phenoxy) is 2. The molecule has 0 aliphatic carbocycles. The van der Waals surface area contributed by atoms with E-state index < -0.39 is 0 Å². The summed E-state index contributed by atoms with van der Waals surface area (Å²) in [5, 5.41) is 10.6. The van der Waals surface area contributed by atoms with Crippen molar-refractivity contribution in [2.24, 2.45) is 0 Å². The highest BCUT2D eigenvalue weighted by Gasteiger charge is 2.14. The second kappa shape index (κ2) is 8.30. The lowest BCUT2D eigenvalue weighted by atomic mass is 10.2. The van der Waals surface area contributed by atoms with Gasteiger partial charge in [-0.25, -0.2) is 0 Å². The molecule has 0 saturated heterocycles. The summed E-state index contributed by atoms with van der Waals surface area (Å²) in [6.07, 6.45) is 0. The van der Waals surface area contributed by atoms with Gasteiger partial charge in [0.25, 0.3) is 0 Å². The maximum absolute atomic E-state index is 5.37. The molecular weight excluding hydrogens is 352 g/mol. The summed E-state index contributed by atoms with van der Waals surface area (Å²) in [5.74, 6) is 2.14. The number of rotatable bonds is 6. The molecule has 0 radical (unpaired) electrons. The van der Waals surface area contributed by atoms with Gasteiger partial charge in [0.2, 0.25) is 11.7 Å². The summed E-state index contributed by atoms with van der Waals surface area (Å²) < 4.78 is 15.8. The first-order valence-electron chi connectivity index (χ1n) is 7.84. The molecule has 134 valence electrons. The molecule has 3 aromatic rings. The normalized spacial score (nSPS) is 10.2. The first-order chi connectivity index (χ1) is 12.7. The summed E-state index contributed by atoms with van der Waals surface area (Å²) in [5.41, 5.74) is 1.62. The molecule has 7 nitrogen and oxygen atoms in total. The molecule has 2 aromatic carbocycles. The van der Waals surface area contributed by atoms with Crippen LogP contribution in [-0.2, 0) is 6.54 Å². The van der Waals surface area contributed by atoms with Crippen LogP contribution in [0.1, 0.15) is 5.89 Å². The molecule has 3 rings (SSSR count). The van der Waals surface area contributed by atoms with Gasteiger partial charge in [-0.1, -0.05) is 23.4 Å². The zero-order valence-electron chi connectivity index (χ0n) is 14.4. The predicted molar refractivity (Wildman–Crippen MR) is 102 cm³/mol. The number of hydrogen-bond donors (Lipinski definition) is 2. The zero-order chi connectivity index (χ0) is 18.4. The molecule has 1 heterocycles. The van der Waals surface area contributed by atoms with Crippen molar-refractivity contribution in [2.75, 3.05) is 19.5 Å². The minimum Gasteiger partial charge on any atom is -0.497 e. The Morgan fingerprint density at radius 3 is 2.65 bits per heavy atom. The van der Waals surface area contributed by atoms with E-state index in [2.05, 4.69) is 20.8 Å². The number of anilines is 1. The van der Waals surface area contributed by atoms with Crippen molar-refractivity contribution in [1.82, 2.24) is 15.5 Å². The Balaban J connectivity index is 1.64. The molecule has 0 aliphatic heterocycles. The average molecular weight is 370 g/mol. The molecule has 0 fully saturated rings. The molecule has 0 saturated carbocycles. The predicted octanol–water partition coefficient (Wildman–Crippen LogP) is 3.24. The number of hydrogen-bond acceptors (Lipinski definition) is 6. The van der Waals surface area contributed by atoms with Crippen molar-refractivity contribution in [1.29, 1.82) is 0 Å². The molecule has 0 unspecified atom stereocenters. The summed E-state index contributed by atoms with van der Waals surface area (Å²) >= 11 is 5.26. The van der Waals surface area contributed by atoms with Crippen LogP contribution in [0.25, 0.3) is 11.4 Å². The van der Waals surface area contributed by atoms with Gasteiger partial charge in [0.15, 0.2) is 5.11 Å². The van der Waals surface area contributed by atoms with Crippen LogP contribution in [0.4, 0.5) is 5.69 Å². The number of para-hydroxylation sites is 1. The van der Waals surface area contributed by atoms with Crippen molar-refractivity contribution >= 4 is 23.0 Å². The van der Waals surface area contributed by atoms with E-state index in [1.807, 2.05) is 42.5 Å². The highest BCUT2D eigenvalue weighted by molar-refractivity contribution is 7.80. The van der Waals surface area contributed by atoms with E-state index in [9.17, 15) is 0 Å². The molecular formula is C18H18N4O3S. The van der Waals surface area contributed by atoms with Gasteiger partial charge in [-0.3, -0.25) is 0 Å². The second-order valence-corrected chi connectivity index (χ2v) is 5.66. The number of thiocarbonyl (C=S) groups is 1. The molecule has 1 aromatic heterocycles. The third-order valence-electron chi connectivity index (χ3n) is 3.55. The number of nitrogens with zero attached hydrogens (tertiary/aromatic N) is 2. The van der Waals surface area contributed by atoms with Gasteiger partial charge >= 0.3 is 0 Å². The smallest absolute Gasteiger partial charge is 0.246 e. The third-order valence-corrected chi connectivity index (χ3v) is 3.80. The van der Waals surface area contributed by atoms with E-state index >= 15 is 0 Å². The number of benzene rings is 2. The SMILES string of the molecule is COc1ccc(-c2noc(CNC(=S)Nc3ccccc3)n2)c(OC)c1. The number of aromatic nitrogens is 2. The number of methoxy groups -OCH3 is 2. The van der Waals surface area contributed by atoms with Crippen molar-refractivity contribution in [3.63, 3.8) is 0 Å². The van der Waals surface area contributed by atoms with Crippen LogP contribution in [0.2, 0.25) is 0 Å². The van der Waals surface area contributed by atoms with E-state index in [0.29, 0.717) is 40.4 Å². The van der Waals surface area contributed by atoms with Gasteiger partial charge in [-0.05, 0) is 36.5 Å². The average Bonchev–Trinajstić information content (AvgIpc) is 3.15. The largest absolute Gasteiger partial charge is 0.497 e. The Bertz CT molecular complexity index is 883. The molecule has 0 aliphatic rings. The fourth-order valence-corrected chi connectivity index (χ4v) is 2.46. The van der Waals surface area contributed by atoms with E-state index in [1.165, 1.54) is 0 Å². The molecule has 0 amide bonds. The lowest BCUT2D eigenvalue weighted by Crippen LogP contribution is -2.27. The standard InChI is InChI=1S/C18H18N4O3S/c1-23-13-8-9-14(15(10-13)24-2)17-21-16(25-22-17)11-19-18(26)20-12-6-4-3-5-7-12/h3-10H,11H2,1-2H3,(H2,19,20,26). The quantitative estimate of drug-likeness (QED) is 0.640. The molecule has 0 spiro atoms. The Morgan fingerprint density at radius 1 is 1.12 bits per heavy atom. The molecule has 0 atom stereocenters. The third kappa shape index (κ3) is 4.28. The Labute approximate surface area is 156 Å². The Morgan fingerprint density at radius 2 is 1.92 bits per heavy atom. The fraction of sp³-hybridized carbons (Fsp3) is 0.167. The van der Waals surface area contributed by atoms with Gasteiger partial charge in [0, 0.05) is 11.8 Å². The van der Waals surface area contributed by atoms with Crippen molar-refractivity contribution in [2.45, 2.75) is 6.54 Å². The Kier molecular flexibility index (Phi) is 5.65. The van der Waals surface area contributed by atoms with Crippen LogP contribution >= 0.6 is 12.2 Å². The van der Waals surface area contributed by atoms with Crippen LogP contribution in [0.5, 0.6) is 11.5 Å². The molecule has 2 N–H and O–H groups in total. The topological polar surface area (TPSA) is 81.4 Å². The summed E-state index contributed by atoms with van der Waals surface area (Å²) in [6, 6.07) is 15.0. The van der Waals surface area contributed by atoms with E-state index in [1.54, 1.807) is 20.3 Å². The Hall–Kier alpha value is -3.13. The minimum atomic E-state index is 0.310. The summed E-state index contributed by atoms with van der Waals surface area (Å²) in [4.78, 5) is 4.38. The van der Waals surface area contributed by atoms with Gasteiger partial charge in [0.1, 0.15) is 11.5 Å². The molecule has 8 heteroatoms. The minimum absolute atomic E-state index is 0.310. The van der Waals surface area contributed by atoms with Gasteiger partial charge in [0.05, 0.1) is 26.3 Å². The van der Waals surface area contributed by atoms with Crippen LogP contribution in [-0.4, -0.2) is 29.5 Å². The van der Waals surface area contributed by atoms with E-state index in [0.717, 1.165) is 5.69 Å². The van der Waals surface area contributed by atoms with Crippen LogP contribution < -0.4 is 20.1 Å². The summed E-state index contributed by atoms with van der Waals surface area (Å²) in [7, 11) is 3.17. The van der Waals surface area contributed by atoms with Crippen LogP contribution in [0.3, 0.4) is 0 Å². The fourth-order valence-electron chi connectivity index (χ4n) is 2.27. The lowest BCUT2D eigenvalue weighted by Gasteiger charge is -2.08.